The number of carboxylic acids is 1. The summed E-state index contributed by atoms with van der Waals surface area (Å²) in [5.41, 5.74) is 2.07. The second kappa shape index (κ2) is 14.6. The van der Waals surface area contributed by atoms with Crippen LogP contribution in [0, 0.1) is 30.6 Å². The molecule has 0 radical (unpaired) electrons. The van der Waals surface area contributed by atoms with E-state index < -0.39 is 5.97 Å². The third kappa shape index (κ3) is 6.96. The number of ether oxygens (including phenoxy) is 1. The fourth-order valence-electron chi connectivity index (χ4n) is 9.93. The number of hydrogen-bond donors (Lipinski definition) is 2. The van der Waals surface area contributed by atoms with Gasteiger partial charge in [-0.05, 0) is 121 Å². The molecule has 1 saturated carbocycles. The van der Waals surface area contributed by atoms with Gasteiger partial charge in [-0.15, -0.1) is 11.6 Å². The highest BCUT2D eigenvalue weighted by atomic mass is 35.5. The maximum atomic E-state index is 13.9. The van der Waals surface area contributed by atoms with Gasteiger partial charge in [-0.25, -0.2) is 4.98 Å². The molecule has 4 aliphatic heterocycles. The van der Waals surface area contributed by atoms with Gasteiger partial charge in [-0.1, -0.05) is 0 Å². The molecule has 0 bridgehead atoms. The number of hydrogen-bond acceptors (Lipinski definition) is 8. The second-order valence-electron chi connectivity index (χ2n) is 15.1. The summed E-state index contributed by atoms with van der Waals surface area (Å²) in [6.07, 6.45) is 12.0. The maximum Gasteiger partial charge on any atom is 0.308 e. The van der Waals surface area contributed by atoms with Crippen molar-refractivity contribution < 1.29 is 14.6 Å². The van der Waals surface area contributed by atoms with E-state index in [9.17, 15) is 14.7 Å². The Bertz CT molecular complexity index is 1300. The van der Waals surface area contributed by atoms with Crippen molar-refractivity contribution in [3.05, 3.63) is 27.4 Å². The van der Waals surface area contributed by atoms with Crippen LogP contribution in [0.5, 0.6) is 0 Å². The van der Waals surface area contributed by atoms with Gasteiger partial charge < -0.3 is 20.1 Å². The zero-order valence-electron chi connectivity index (χ0n) is 27.6. The predicted molar refractivity (Wildman–Crippen MR) is 187 cm³/mol. The first kappa shape index (κ1) is 33.7. The average Bonchev–Trinajstić information content (AvgIpc) is 3.74. The predicted octanol–water partition coefficient (Wildman–Crippen LogP) is 4.99. The topological polar surface area (TPSA) is 96.7 Å². The lowest BCUT2D eigenvalue weighted by molar-refractivity contribution is -0.142. The summed E-state index contributed by atoms with van der Waals surface area (Å²) in [6.45, 7) is 7.47. The first-order chi connectivity index (χ1) is 22.3. The molecule has 5 heterocycles. The molecular weight excluding hydrogens is 640 g/mol. The van der Waals surface area contributed by atoms with Crippen molar-refractivity contribution in [3.8, 4) is 0 Å². The molecule has 2 aliphatic carbocycles. The van der Waals surface area contributed by atoms with Crippen molar-refractivity contribution in [1.82, 2.24) is 19.8 Å². The van der Waals surface area contributed by atoms with E-state index in [4.69, 9.17) is 21.3 Å². The summed E-state index contributed by atoms with van der Waals surface area (Å²) in [4.78, 5) is 33.6. The van der Waals surface area contributed by atoms with Gasteiger partial charge in [0.1, 0.15) is 5.82 Å². The first-order valence-electron chi connectivity index (χ1n) is 18.1. The van der Waals surface area contributed by atoms with Crippen LogP contribution in [0.15, 0.2) is 4.79 Å². The van der Waals surface area contributed by atoms with Crippen LogP contribution in [0.4, 0.5) is 0 Å². The highest BCUT2D eigenvalue weighted by molar-refractivity contribution is 8.00. The van der Waals surface area contributed by atoms with Crippen LogP contribution < -0.4 is 10.9 Å². The minimum Gasteiger partial charge on any atom is -0.481 e. The minimum absolute atomic E-state index is 0.00288. The molecule has 4 saturated heterocycles. The number of nitrogens with zero attached hydrogens (tertiary/aromatic N) is 3. The van der Waals surface area contributed by atoms with Crippen molar-refractivity contribution in [2.75, 3.05) is 31.2 Å². The molecule has 0 amide bonds. The van der Waals surface area contributed by atoms with Gasteiger partial charge >= 0.3 is 5.97 Å². The summed E-state index contributed by atoms with van der Waals surface area (Å²) in [5, 5.41) is 14.8. The van der Waals surface area contributed by atoms with Gasteiger partial charge in [0.15, 0.2) is 0 Å². The van der Waals surface area contributed by atoms with E-state index >= 15 is 0 Å². The van der Waals surface area contributed by atoms with Gasteiger partial charge in [0.2, 0.25) is 0 Å². The molecule has 256 valence electrons. The molecule has 1 aromatic heterocycles. The summed E-state index contributed by atoms with van der Waals surface area (Å²) in [6, 6.07) is 0.716. The Morgan fingerprint density at radius 1 is 1.11 bits per heavy atom. The number of aliphatic carboxylic acids is 1. The fraction of sp³-hybridized carbons (Fsp3) is 0.857. The summed E-state index contributed by atoms with van der Waals surface area (Å²) < 4.78 is 8.54. The molecule has 5 fully saturated rings. The fourth-order valence-corrected chi connectivity index (χ4v) is 13.6. The third-order valence-corrected chi connectivity index (χ3v) is 15.9. The Hall–Kier alpha value is -0.780. The highest BCUT2D eigenvalue weighted by Crippen LogP contribution is 2.48. The molecule has 8 nitrogen and oxygen atoms in total. The maximum absolute atomic E-state index is 13.9. The normalized spacial score (nSPS) is 38.8. The van der Waals surface area contributed by atoms with E-state index in [0.717, 1.165) is 73.2 Å². The molecule has 0 aromatic carbocycles. The largest absolute Gasteiger partial charge is 0.481 e. The minimum atomic E-state index is -0.694. The average molecular weight is 693 g/mol. The number of carbonyl (C=O) groups is 1. The number of aryl methyl sites for hydroxylation is 2. The quantitative estimate of drug-likeness (QED) is 0.366. The third-order valence-electron chi connectivity index (χ3n) is 12.3. The van der Waals surface area contributed by atoms with Crippen LogP contribution in [0.2, 0.25) is 0 Å². The Morgan fingerprint density at radius 3 is 2.70 bits per heavy atom. The number of thioether (sulfide) groups is 2. The number of fused-ring (bicyclic) bond motifs is 2. The zero-order chi connectivity index (χ0) is 31.9. The van der Waals surface area contributed by atoms with Gasteiger partial charge in [0.25, 0.3) is 5.56 Å². The number of carboxylic acid groups (broad SMARTS) is 1. The molecule has 6 aliphatic rings. The van der Waals surface area contributed by atoms with E-state index in [2.05, 4.69) is 28.9 Å². The van der Waals surface area contributed by atoms with Gasteiger partial charge in [-0.3, -0.25) is 14.2 Å². The molecular formula is C35H53ClN4O4S2. The van der Waals surface area contributed by atoms with Crippen molar-refractivity contribution in [2.45, 2.75) is 131 Å². The molecule has 2 N–H and O–H groups in total. The van der Waals surface area contributed by atoms with Crippen LogP contribution >= 0.6 is 35.1 Å². The number of rotatable bonds is 8. The number of alkyl halides is 1. The van der Waals surface area contributed by atoms with Crippen LogP contribution in [-0.4, -0.2) is 96.8 Å². The number of nitrogens with one attached hydrogen (secondary N) is 1. The highest BCUT2D eigenvalue weighted by Gasteiger charge is 2.51. The summed E-state index contributed by atoms with van der Waals surface area (Å²) in [5.74, 6) is 3.30. The second-order valence-corrected chi connectivity index (χ2v) is 18.3. The molecule has 10 atom stereocenters. The van der Waals surface area contributed by atoms with Crippen LogP contribution in [-0.2, 0) is 28.9 Å². The van der Waals surface area contributed by atoms with Crippen molar-refractivity contribution >= 4 is 41.1 Å². The van der Waals surface area contributed by atoms with E-state index in [-0.39, 0.29) is 40.3 Å². The lowest BCUT2D eigenvalue weighted by Crippen LogP contribution is -2.57. The zero-order valence-corrected chi connectivity index (χ0v) is 30.0. The standard InChI is InChI=1S/C35H53ClN4O4S2/c1-20-16-26(33-32(37-20)28(19-46-33)35(42)43)25-17-23(36)5-8-30(25)44-14-13-40-21(2)38-29-7-6-24(18-27(29)34(40)41)39-11-9-22(10-12-39)31-4-3-15-45-31/h20,22-26,28,30-33,37H,3-19H2,1-2H3,(H,42,43). The molecule has 7 rings (SSSR count). The number of halogens is 1. The van der Waals surface area contributed by atoms with Crippen molar-refractivity contribution in [1.29, 1.82) is 0 Å². The molecule has 1 aromatic rings. The SMILES string of the molecule is Cc1nc2c(c(=O)n1CCOC1CCC(Cl)CC1C1CC(C)NC3C(C(=O)O)CSC13)CC(N1CCC(C3CCCS3)CC1)CC2. The van der Waals surface area contributed by atoms with Gasteiger partial charge in [-0.2, -0.15) is 23.5 Å². The molecule has 11 heteroatoms. The lowest BCUT2D eigenvalue weighted by atomic mass is 9.70. The monoisotopic (exact) mass is 692 g/mol. The van der Waals surface area contributed by atoms with E-state index in [1.54, 1.807) is 0 Å². The molecule has 0 spiro atoms. The molecule has 10 unspecified atom stereocenters. The van der Waals surface area contributed by atoms with Crippen molar-refractivity contribution in [2.24, 2.45) is 23.7 Å². The van der Waals surface area contributed by atoms with Crippen LogP contribution in [0.25, 0.3) is 0 Å². The van der Waals surface area contributed by atoms with Crippen molar-refractivity contribution in [3.63, 3.8) is 0 Å². The Labute approximate surface area is 287 Å². The summed E-state index contributed by atoms with van der Waals surface area (Å²) >= 11 is 10.8. The van der Waals surface area contributed by atoms with Crippen LogP contribution in [0.3, 0.4) is 0 Å². The molecule has 46 heavy (non-hydrogen) atoms. The van der Waals surface area contributed by atoms with E-state index in [1.165, 1.54) is 44.5 Å². The Kier molecular flexibility index (Phi) is 10.7. The van der Waals surface area contributed by atoms with E-state index in [1.807, 2.05) is 23.3 Å². The van der Waals surface area contributed by atoms with Crippen LogP contribution in [0.1, 0.15) is 81.8 Å². The number of likely N-dealkylation sites (tertiary alicyclic amines) is 1. The number of piperidine rings is 2. The smallest absolute Gasteiger partial charge is 0.308 e. The Morgan fingerprint density at radius 2 is 1.93 bits per heavy atom. The van der Waals surface area contributed by atoms with Gasteiger partial charge in [0, 0.05) is 45.3 Å². The first-order valence-corrected chi connectivity index (χ1v) is 20.6. The number of aromatic nitrogens is 2. The Balaban J connectivity index is 0.991. The lowest BCUT2D eigenvalue weighted by Gasteiger charge is -2.47. The summed E-state index contributed by atoms with van der Waals surface area (Å²) in [7, 11) is 0. The van der Waals surface area contributed by atoms with Gasteiger partial charge in [0.05, 0.1) is 30.9 Å². The van der Waals surface area contributed by atoms with E-state index in [0.29, 0.717) is 36.8 Å².